The molecule has 2 rings (SSSR count). The summed E-state index contributed by atoms with van der Waals surface area (Å²) in [5.74, 6) is -1.52. The molecule has 2 unspecified atom stereocenters. The van der Waals surface area contributed by atoms with Crippen LogP contribution in [0.4, 0.5) is 5.69 Å². The van der Waals surface area contributed by atoms with E-state index >= 15 is 0 Å². The van der Waals surface area contributed by atoms with Crippen molar-refractivity contribution in [2.45, 2.75) is 19.3 Å². The molecule has 0 saturated heterocycles. The number of H-pyrrole nitrogens is 2. The van der Waals surface area contributed by atoms with Crippen molar-refractivity contribution in [1.29, 1.82) is 10.5 Å². The summed E-state index contributed by atoms with van der Waals surface area (Å²) >= 11 is 0. The second kappa shape index (κ2) is 6.58. The molecule has 8 nitrogen and oxygen atoms in total. The van der Waals surface area contributed by atoms with Crippen LogP contribution in [-0.4, -0.2) is 15.1 Å². The molecule has 0 spiro atoms. The second-order valence-electron chi connectivity index (χ2n) is 5.05. The van der Waals surface area contributed by atoms with Crippen molar-refractivity contribution in [1.82, 2.24) is 10.2 Å². The van der Waals surface area contributed by atoms with Crippen LogP contribution in [0.25, 0.3) is 0 Å². The highest BCUT2D eigenvalue weighted by Crippen LogP contribution is 2.34. The third-order valence-electron chi connectivity index (χ3n) is 3.64. The predicted octanol–water partition coefficient (Wildman–Crippen LogP) is 2.10. The zero-order valence-electron chi connectivity index (χ0n) is 12.2. The molecule has 0 radical (unpaired) electrons. The van der Waals surface area contributed by atoms with Gasteiger partial charge in [0.1, 0.15) is 0 Å². The number of aromatic amines is 2. The smallest absolute Gasteiger partial charge is 0.269 e. The Balaban J connectivity index is 2.66. The highest BCUT2D eigenvalue weighted by molar-refractivity contribution is 5.42. The van der Waals surface area contributed by atoms with E-state index in [4.69, 9.17) is 5.26 Å². The van der Waals surface area contributed by atoms with Crippen LogP contribution in [-0.2, 0) is 0 Å². The summed E-state index contributed by atoms with van der Waals surface area (Å²) in [5, 5.41) is 34.4. The molecule has 2 atom stereocenters. The lowest BCUT2D eigenvalue weighted by Gasteiger charge is -2.19. The number of nitrogens with one attached hydrogen (secondary N) is 2. The van der Waals surface area contributed by atoms with Gasteiger partial charge in [0.05, 0.1) is 29.4 Å². The zero-order valence-corrected chi connectivity index (χ0v) is 12.2. The summed E-state index contributed by atoms with van der Waals surface area (Å²) in [4.78, 5) is 22.5. The lowest BCUT2D eigenvalue weighted by atomic mass is 9.80. The van der Waals surface area contributed by atoms with Gasteiger partial charge in [-0.3, -0.25) is 20.0 Å². The van der Waals surface area contributed by atoms with Crippen LogP contribution in [0.5, 0.6) is 0 Å². The summed E-state index contributed by atoms with van der Waals surface area (Å²) in [6.07, 6.45) is -0.0894. The van der Waals surface area contributed by atoms with Crippen LogP contribution in [0.2, 0.25) is 0 Å². The number of nitriles is 2. The highest BCUT2D eigenvalue weighted by Gasteiger charge is 2.30. The van der Waals surface area contributed by atoms with E-state index in [1.807, 2.05) is 12.1 Å². The standard InChI is InChI=1S/C15H13N5O3/c1-9-13(15(21)19-18-9)14(11(8-17)5-6-16)10-3-2-4-12(7-10)20(22)23/h2-4,7,11,14H,5H2,1H3,(H2,18,19,21). The summed E-state index contributed by atoms with van der Waals surface area (Å²) < 4.78 is 0. The third kappa shape index (κ3) is 3.11. The van der Waals surface area contributed by atoms with E-state index in [2.05, 4.69) is 10.2 Å². The molecule has 0 amide bonds. The summed E-state index contributed by atoms with van der Waals surface area (Å²) in [6.45, 7) is 1.67. The number of aromatic nitrogens is 2. The molecule has 0 aliphatic carbocycles. The van der Waals surface area contributed by atoms with Gasteiger partial charge in [-0.1, -0.05) is 12.1 Å². The average molecular weight is 311 g/mol. The van der Waals surface area contributed by atoms with Gasteiger partial charge in [0, 0.05) is 29.3 Å². The topological polar surface area (TPSA) is 139 Å². The van der Waals surface area contributed by atoms with Crippen LogP contribution in [0.1, 0.15) is 29.2 Å². The maximum absolute atomic E-state index is 12.1. The van der Waals surface area contributed by atoms with Crippen LogP contribution in [0.15, 0.2) is 29.1 Å². The Labute approximate surface area is 131 Å². The van der Waals surface area contributed by atoms with Crippen LogP contribution >= 0.6 is 0 Å². The van der Waals surface area contributed by atoms with E-state index in [0.29, 0.717) is 16.8 Å². The molecule has 116 valence electrons. The minimum atomic E-state index is -0.794. The molecule has 23 heavy (non-hydrogen) atoms. The van der Waals surface area contributed by atoms with Gasteiger partial charge in [0.25, 0.3) is 11.2 Å². The lowest BCUT2D eigenvalue weighted by molar-refractivity contribution is -0.384. The Bertz CT molecular complexity index is 868. The largest absolute Gasteiger partial charge is 0.302 e. The molecule has 1 aromatic carbocycles. The predicted molar refractivity (Wildman–Crippen MR) is 80.4 cm³/mol. The van der Waals surface area contributed by atoms with Crippen molar-refractivity contribution in [2.24, 2.45) is 5.92 Å². The minimum absolute atomic E-state index is 0.0894. The maximum atomic E-state index is 12.1. The van der Waals surface area contributed by atoms with Gasteiger partial charge < -0.3 is 5.10 Å². The first-order valence-electron chi connectivity index (χ1n) is 6.77. The molecule has 0 aliphatic rings. The Morgan fingerprint density at radius 3 is 2.61 bits per heavy atom. The van der Waals surface area contributed by atoms with Gasteiger partial charge in [-0.15, -0.1) is 0 Å². The first-order valence-corrected chi connectivity index (χ1v) is 6.77. The van der Waals surface area contributed by atoms with Crippen molar-refractivity contribution in [3.8, 4) is 12.1 Å². The fourth-order valence-electron chi connectivity index (χ4n) is 2.60. The molecular weight excluding hydrogens is 298 g/mol. The van der Waals surface area contributed by atoms with E-state index in [1.165, 1.54) is 18.2 Å². The summed E-state index contributed by atoms with van der Waals surface area (Å²) in [6, 6.07) is 9.74. The molecule has 0 fully saturated rings. The van der Waals surface area contributed by atoms with Gasteiger partial charge in [-0.05, 0) is 12.5 Å². The molecule has 2 N–H and O–H groups in total. The minimum Gasteiger partial charge on any atom is -0.302 e. The molecule has 0 bridgehead atoms. The van der Waals surface area contributed by atoms with Crippen molar-refractivity contribution < 1.29 is 4.92 Å². The Morgan fingerprint density at radius 2 is 2.09 bits per heavy atom. The van der Waals surface area contributed by atoms with Crippen molar-refractivity contribution in [2.75, 3.05) is 0 Å². The Hall–Kier alpha value is -3.39. The molecular formula is C15H13N5O3. The van der Waals surface area contributed by atoms with Gasteiger partial charge >= 0.3 is 0 Å². The number of aryl methyl sites for hydroxylation is 1. The van der Waals surface area contributed by atoms with Gasteiger partial charge in [-0.25, -0.2) is 0 Å². The molecule has 0 saturated carbocycles. The zero-order chi connectivity index (χ0) is 17.0. The highest BCUT2D eigenvalue weighted by atomic mass is 16.6. The van der Waals surface area contributed by atoms with Gasteiger partial charge in [0.15, 0.2) is 0 Å². The molecule has 8 heteroatoms. The first-order chi connectivity index (χ1) is 11.0. The third-order valence-corrected chi connectivity index (χ3v) is 3.64. The second-order valence-corrected chi connectivity index (χ2v) is 5.05. The molecule has 0 aliphatic heterocycles. The number of nitro groups is 1. The fourth-order valence-corrected chi connectivity index (χ4v) is 2.60. The first kappa shape index (κ1) is 16.0. The summed E-state index contributed by atoms with van der Waals surface area (Å²) in [5.41, 5.74) is 0.758. The van der Waals surface area contributed by atoms with Crippen molar-refractivity contribution in [3.63, 3.8) is 0 Å². The number of nitrogens with zero attached hydrogens (tertiary/aromatic N) is 3. The number of benzene rings is 1. The average Bonchev–Trinajstić information content (AvgIpc) is 2.87. The number of rotatable bonds is 5. The van der Waals surface area contributed by atoms with E-state index in [9.17, 15) is 20.2 Å². The molecule has 2 aromatic rings. The SMILES string of the molecule is Cc1[nH][nH]c(=O)c1C(c1cccc([N+](=O)[O-])c1)C(C#N)CC#N. The van der Waals surface area contributed by atoms with E-state index in [-0.39, 0.29) is 12.1 Å². The lowest BCUT2D eigenvalue weighted by Crippen LogP contribution is -2.20. The number of hydrogen-bond donors (Lipinski definition) is 2. The Kier molecular flexibility index (Phi) is 4.58. The Morgan fingerprint density at radius 1 is 1.35 bits per heavy atom. The monoisotopic (exact) mass is 311 g/mol. The van der Waals surface area contributed by atoms with Crippen molar-refractivity contribution >= 4 is 5.69 Å². The van der Waals surface area contributed by atoms with E-state index < -0.39 is 22.3 Å². The van der Waals surface area contributed by atoms with Crippen LogP contribution < -0.4 is 5.56 Å². The fraction of sp³-hybridized carbons (Fsp3) is 0.267. The summed E-state index contributed by atoms with van der Waals surface area (Å²) in [7, 11) is 0. The quantitative estimate of drug-likeness (QED) is 0.642. The maximum Gasteiger partial charge on any atom is 0.269 e. The van der Waals surface area contributed by atoms with E-state index in [1.54, 1.807) is 13.0 Å². The van der Waals surface area contributed by atoms with Gasteiger partial charge in [-0.2, -0.15) is 10.5 Å². The number of nitro benzene ring substituents is 1. The number of non-ortho nitro benzene ring substituents is 1. The van der Waals surface area contributed by atoms with Crippen LogP contribution in [0, 0.1) is 45.6 Å². The normalized spacial score (nSPS) is 12.8. The van der Waals surface area contributed by atoms with Gasteiger partial charge in [0.2, 0.25) is 0 Å². The van der Waals surface area contributed by atoms with E-state index in [0.717, 1.165) is 0 Å². The molecule has 1 heterocycles. The molecule has 1 aromatic heterocycles. The number of hydrogen-bond acceptors (Lipinski definition) is 5. The van der Waals surface area contributed by atoms with Crippen LogP contribution in [0.3, 0.4) is 0 Å². The van der Waals surface area contributed by atoms with Crippen molar-refractivity contribution in [3.05, 3.63) is 61.6 Å².